The van der Waals surface area contributed by atoms with E-state index in [1.54, 1.807) is 14.2 Å². The number of hydrogen-bond donors (Lipinski definition) is 0. The molecule has 0 N–H and O–H groups in total. The molecule has 0 amide bonds. The minimum atomic E-state index is -0.0712. The third-order valence-electron chi connectivity index (χ3n) is 2.85. The van der Waals surface area contributed by atoms with E-state index < -0.39 is 0 Å². The largest absolute Gasteiger partial charge is 0.379 e. The minimum absolute atomic E-state index is 0.0712. The first-order valence-electron chi connectivity index (χ1n) is 5.24. The lowest BCUT2D eigenvalue weighted by atomic mass is 9.87. The maximum atomic E-state index is 5.65. The second kappa shape index (κ2) is 6.39. The molecule has 0 aliphatic rings. The smallest absolute Gasteiger partial charge is 0.0936 e. The fourth-order valence-corrected chi connectivity index (χ4v) is 1.96. The van der Waals surface area contributed by atoms with Crippen molar-refractivity contribution in [3.63, 3.8) is 0 Å². The Bertz CT molecular complexity index is 117. The van der Waals surface area contributed by atoms with Crippen molar-refractivity contribution < 1.29 is 9.47 Å². The van der Waals surface area contributed by atoms with E-state index in [1.807, 2.05) is 0 Å². The predicted molar refractivity (Wildman–Crippen MR) is 56.0 cm³/mol. The van der Waals surface area contributed by atoms with Gasteiger partial charge in [0, 0.05) is 14.2 Å². The highest BCUT2D eigenvalue weighted by atomic mass is 16.5. The van der Waals surface area contributed by atoms with Crippen LogP contribution in [-0.2, 0) is 9.47 Å². The van der Waals surface area contributed by atoms with Crippen molar-refractivity contribution in [2.75, 3.05) is 14.2 Å². The monoisotopic (exact) mass is 188 g/mol. The zero-order valence-electron chi connectivity index (χ0n) is 9.72. The zero-order chi connectivity index (χ0) is 10.3. The molecule has 2 nitrogen and oxygen atoms in total. The molecule has 0 fully saturated rings. The molecule has 0 aromatic rings. The molecule has 0 heterocycles. The molecule has 1 unspecified atom stereocenters. The molecule has 0 saturated heterocycles. The van der Waals surface area contributed by atoms with Crippen LogP contribution in [0.15, 0.2) is 0 Å². The fourth-order valence-electron chi connectivity index (χ4n) is 1.96. The molecular formula is C11H24O2. The van der Waals surface area contributed by atoms with Crippen molar-refractivity contribution >= 4 is 0 Å². The van der Waals surface area contributed by atoms with Crippen LogP contribution in [0.1, 0.15) is 46.5 Å². The molecule has 0 bridgehead atoms. The SMILES string of the molecule is CCCC(CCC)(OC)C(C)OC. The molecule has 0 aromatic carbocycles. The third-order valence-corrected chi connectivity index (χ3v) is 2.85. The van der Waals surface area contributed by atoms with E-state index in [1.165, 1.54) is 0 Å². The summed E-state index contributed by atoms with van der Waals surface area (Å²) in [4.78, 5) is 0. The highest BCUT2D eigenvalue weighted by Gasteiger charge is 2.34. The minimum Gasteiger partial charge on any atom is -0.379 e. The lowest BCUT2D eigenvalue weighted by molar-refractivity contribution is -0.119. The van der Waals surface area contributed by atoms with Gasteiger partial charge in [-0.05, 0) is 19.8 Å². The lowest BCUT2D eigenvalue weighted by Gasteiger charge is -2.37. The number of ether oxygens (including phenoxy) is 2. The topological polar surface area (TPSA) is 18.5 Å². The third kappa shape index (κ3) is 3.28. The number of hydrogen-bond acceptors (Lipinski definition) is 2. The van der Waals surface area contributed by atoms with Gasteiger partial charge < -0.3 is 9.47 Å². The van der Waals surface area contributed by atoms with Crippen LogP contribution in [-0.4, -0.2) is 25.9 Å². The zero-order valence-corrected chi connectivity index (χ0v) is 9.72. The summed E-state index contributed by atoms with van der Waals surface area (Å²) in [6.45, 7) is 6.46. The van der Waals surface area contributed by atoms with Gasteiger partial charge in [0.15, 0.2) is 0 Å². The Labute approximate surface area is 82.6 Å². The van der Waals surface area contributed by atoms with Crippen LogP contribution < -0.4 is 0 Å². The summed E-state index contributed by atoms with van der Waals surface area (Å²) in [6.07, 6.45) is 4.61. The second-order valence-corrected chi connectivity index (χ2v) is 3.65. The summed E-state index contributed by atoms with van der Waals surface area (Å²) in [6, 6.07) is 0. The maximum absolute atomic E-state index is 5.65. The molecule has 0 aromatic heterocycles. The number of methoxy groups -OCH3 is 2. The van der Waals surface area contributed by atoms with Gasteiger partial charge in [-0.3, -0.25) is 0 Å². The Kier molecular flexibility index (Phi) is 6.35. The van der Waals surface area contributed by atoms with Gasteiger partial charge in [-0.15, -0.1) is 0 Å². The highest BCUT2D eigenvalue weighted by molar-refractivity contribution is 4.86. The molecule has 2 heteroatoms. The fraction of sp³-hybridized carbons (Fsp3) is 1.00. The quantitative estimate of drug-likeness (QED) is 0.611. The molecule has 80 valence electrons. The Morgan fingerprint density at radius 1 is 1.08 bits per heavy atom. The molecule has 0 rings (SSSR count). The highest BCUT2D eigenvalue weighted by Crippen LogP contribution is 2.29. The molecule has 0 spiro atoms. The molecule has 1 atom stereocenters. The van der Waals surface area contributed by atoms with Gasteiger partial charge in [-0.2, -0.15) is 0 Å². The van der Waals surface area contributed by atoms with Crippen LogP contribution in [0, 0.1) is 0 Å². The van der Waals surface area contributed by atoms with Gasteiger partial charge in [0.05, 0.1) is 11.7 Å². The van der Waals surface area contributed by atoms with Crippen molar-refractivity contribution in [1.29, 1.82) is 0 Å². The van der Waals surface area contributed by atoms with Crippen LogP contribution in [0.5, 0.6) is 0 Å². The summed E-state index contributed by atoms with van der Waals surface area (Å²) in [5.41, 5.74) is -0.0712. The van der Waals surface area contributed by atoms with Crippen LogP contribution in [0.4, 0.5) is 0 Å². The molecule has 0 saturated carbocycles. The summed E-state index contributed by atoms with van der Waals surface area (Å²) < 4.78 is 11.0. The Hall–Kier alpha value is -0.0800. The van der Waals surface area contributed by atoms with Crippen LogP contribution >= 0.6 is 0 Å². The summed E-state index contributed by atoms with van der Waals surface area (Å²) in [5, 5.41) is 0. The molecule has 13 heavy (non-hydrogen) atoms. The average Bonchev–Trinajstić information content (AvgIpc) is 2.16. The second-order valence-electron chi connectivity index (χ2n) is 3.65. The van der Waals surface area contributed by atoms with E-state index in [2.05, 4.69) is 20.8 Å². The number of rotatable bonds is 7. The van der Waals surface area contributed by atoms with Crippen LogP contribution in [0.25, 0.3) is 0 Å². The van der Waals surface area contributed by atoms with Crippen LogP contribution in [0.2, 0.25) is 0 Å². The van der Waals surface area contributed by atoms with E-state index >= 15 is 0 Å². The average molecular weight is 188 g/mol. The van der Waals surface area contributed by atoms with Crippen LogP contribution in [0.3, 0.4) is 0 Å². The van der Waals surface area contributed by atoms with E-state index in [0.29, 0.717) is 0 Å². The molecule has 0 aliphatic heterocycles. The van der Waals surface area contributed by atoms with Crippen molar-refractivity contribution in [3.05, 3.63) is 0 Å². The van der Waals surface area contributed by atoms with Gasteiger partial charge in [0.1, 0.15) is 0 Å². The van der Waals surface area contributed by atoms with E-state index in [0.717, 1.165) is 25.7 Å². The van der Waals surface area contributed by atoms with Gasteiger partial charge in [0.25, 0.3) is 0 Å². The van der Waals surface area contributed by atoms with Crippen molar-refractivity contribution in [2.45, 2.75) is 58.2 Å². The van der Waals surface area contributed by atoms with E-state index in [4.69, 9.17) is 9.47 Å². The molecule has 0 aliphatic carbocycles. The Balaban J connectivity index is 4.42. The van der Waals surface area contributed by atoms with Crippen molar-refractivity contribution in [3.8, 4) is 0 Å². The lowest BCUT2D eigenvalue weighted by Crippen LogP contribution is -2.43. The van der Waals surface area contributed by atoms with Gasteiger partial charge in [-0.1, -0.05) is 26.7 Å². The van der Waals surface area contributed by atoms with Gasteiger partial charge in [0.2, 0.25) is 0 Å². The van der Waals surface area contributed by atoms with Crippen molar-refractivity contribution in [2.24, 2.45) is 0 Å². The van der Waals surface area contributed by atoms with Crippen molar-refractivity contribution in [1.82, 2.24) is 0 Å². The van der Waals surface area contributed by atoms with E-state index in [9.17, 15) is 0 Å². The van der Waals surface area contributed by atoms with Gasteiger partial charge in [-0.25, -0.2) is 0 Å². The van der Waals surface area contributed by atoms with E-state index in [-0.39, 0.29) is 11.7 Å². The normalized spacial score (nSPS) is 14.5. The summed E-state index contributed by atoms with van der Waals surface area (Å²) in [5.74, 6) is 0. The Morgan fingerprint density at radius 3 is 1.77 bits per heavy atom. The Morgan fingerprint density at radius 2 is 1.54 bits per heavy atom. The standard InChI is InChI=1S/C11H24O2/c1-6-8-11(13-5,9-7-2)10(3)12-4/h10H,6-9H2,1-5H3. The summed E-state index contributed by atoms with van der Waals surface area (Å²) in [7, 11) is 3.55. The molecular weight excluding hydrogens is 164 g/mol. The molecule has 0 radical (unpaired) electrons. The predicted octanol–water partition coefficient (Wildman–Crippen LogP) is 3.01. The summed E-state index contributed by atoms with van der Waals surface area (Å²) >= 11 is 0. The first kappa shape index (κ1) is 12.9. The maximum Gasteiger partial charge on any atom is 0.0936 e. The van der Waals surface area contributed by atoms with Gasteiger partial charge >= 0.3 is 0 Å². The first-order chi connectivity index (χ1) is 6.16. The first-order valence-corrected chi connectivity index (χ1v) is 5.24.